The van der Waals surface area contributed by atoms with Gasteiger partial charge in [0.15, 0.2) is 0 Å². The summed E-state index contributed by atoms with van der Waals surface area (Å²) in [7, 11) is -1.30. The summed E-state index contributed by atoms with van der Waals surface area (Å²) in [5.74, 6) is 1.02. The smallest absolute Gasteiger partial charge is 0.179 e. The van der Waals surface area contributed by atoms with Gasteiger partial charge in [-0.3, -0.25) is 0 Å². The van der Waals surface area contributed by atoms with Crippen LogP contribution in [0.1, 0.15) is 32.1 Å². The van der Waals surface area contributed by atoms with E-state index >= 15 is 0 Å². The van der Waals surface area contributed by atoms with Crippen molar-refractivity contribution in [3.63, 3.8) is 0 Å². The molecule has 0 rings (SSSR count). The Labute approximate surface area is 86.1 Å². The summed E-state index contributed by atoms with van der Waals surface area (Å²) in [5, 5.41) is 0. The summed E-state index contributed by atoms with van der Waals surface area (Å²) in [4.78, 5) is 0. The van der Waals surface area contributed by atoms with Gasteiger partial charge in [-0.1, -0.05) is 25.7 Å². The Balaban J connectivity index is 2.80. The molecule has 0 spiro atoms. The molecule has 0 aliphatic carbocycles. The fourth-order valence-electron chi connectivity index (χ4n) is 0.941. The first-order valence-corrected chi connectivity index (χ1v) is 9.10. The van der Waals surface area contributed by atoms with Gasteiger partial charge in [0.25, 0.3) is 0 Å². The largest absolute Gasteiger partial charge is 0.237 e. The zero-order chi connectivity index (χ0) is 8.53. The summed E-state index contributed by atoms with van der Waals surface area (Å²) in [5.41, 5.74) is 0. The molecular weight excluding hydrogens is 215 g/mol. The van der Waals surface area contributed by atoms with Crippen molar-refractivity contribution in [2.24, 2.45) is 0 Å². The van der Waals surface area contributed by atoms with E-state index in [9.17, 15) is 0 Å². The number of unbranched alkanes of at least 4 members (excludes halogenated alkanes) is 4. The lowest BCUT2D eigenvalue weighted by atomic mass is 10.2. The second kappa shape index (κ2) is 9.24. The number of rotatable bonds is 7. The molecular formula is C7H16Cl2SSi. The number of halogens is 2. The normalized spacial score (nSPS) is 10.9. The number of hydrogen-bond donors (Lipinski definition) is 1. The predicted molar refractivity (Wildman–Crippen MR) is 60.6 cm³/mol. The molecule has 0 nitrogen and oxygen atoms in total. The number of thiol groups is 1. The third-order valence-corrected chi connectivity index (χ3v) is 4.05. The zero-order valence-electron chi connectivity index (χ0n) is 6.73. The average molecular weight is 231 g/mol. The van der Waals surface area contributed by atoms with Gasteiger partial charge < -0.3 is 0 Å². The van der Waals surface area contributed by atoms with Crippen molar-refractivity contribution in [2.75, 3.05) is 5.75 Å². The third kappa shape index (κ3) is 11.1. The lowest BCUT2D eigenvalue weighted by molar-refractivity contribution is 0.659. The summed E-state index contributed by atoms with van der Waals surface area (Å²) in [6, 6.07) is 1.07. The van der Waals surface area contributed by atoms with Crippen LogP contribution in [0.5, 0.6) is 0 Å². The minimum Gasteiger partial charge on any atom is -0.179 e. The lowest BCUT2D eigenvalue weighted by Gasteiger charge is -1.99. The maximum Gasteiger partial charge on any atom is 0.237 e. The van der Waals surface area contributed by atoms with Gasteiger partial charge in [-0.15, -0.1) is 0 Å². The van der Waals surface area contributed by atoms with E-state index in [0.29, 0.717) is 0 Å². The van der Waals surface area contributed by atoms with Crippen molar-refractivity contribution < 1.29 is 0 Å². The van der Waals surface area contributed by atoms with Crippen molar-refractivity contribution in [1.29, 1.82) is 0 Å². The molecule has 0 aromatic heterocycles. The summed E-state index contributed by atoms with van der Waals surface area (Å²) in [6.45, 7) is 0. The molecule has 0 aromatic carbocycles. The van der Waals surface area contributed by atoms with Crippen molar-refractivity contribution in [1.82, 2.24) is 0 Å². The highest BCUT2D eigenvalue weighted by molar-refractivity contribution is 7.80. The molecule has 0 aromatic rings. The Hall–Kier alpha value is 1.15. The second-order valence-electron chi connectivity index (χ2n) is 2.67. The van der Waals surface area contributed by atoms with Gasteiger partial charge in [-0.2, -0.15) is 34.8 Å². The Bertz CT molecular complexity index is 80.8. The molecule has 68 valence electrons. The summed E-state index contributed by atoms with van der Waals surface area (Å²) in [6.07, 6.45) is 6.37. The molecule has 11 heavy (non-hydrogen) atoms. The molecule has 4 heteroatoms. The van der Waals surface area contributed by atoms with Crippen molar-refractivity contribution in [3.8, 4) is 0 Å². The fourth-order valence-corrected chi connectivity index (χ4v) is 2.69. The first kappa shape index (κ1) is 12.1. The van der Waals surface area contributed by atoms with Crippen LogP contribution in [-0.2, 0) is 0 Å². The van der Waals surface area contributed by atoms with Gasteiger partial charge in [0.2, 0.25) is 7.42 Å². The highest BCUT2D eigenvalue weighted by atomic mass is 35.7. The van der Waals surface area contributed by atoms with E-state index in [1.165, 1.54) is 32.1 Å². The maximum absolute atomic E-state index is 5.71. The first-order chi connectivity index (χ1) is 5.27. The van der Waals surface area contributed by atoms with Gasteiger partial charge in [0.1, 0.15) is 0 Å². The van der Waals surface area contributed by atoms with Gasteiger partial charge in [-0.05, 0) is 18.2 Å². The maximum atomic E-state index is 5.71. The van der Waals surface area contributed by atoms with Crippen LogP contribution < -0.4 is 0 Å². The highest BCUT2D eigenvalue weighted by Crippen LogP contribution is 2.11. The lowest BCUT2D eigenvalue weighted by Crippen LogP contribution is -1.91. The molecule has 0 saturated heterocycles. The molecule has 0 fully saturated rings. The monoisotopic (exact) mass is 230 g/mol. The number of hydrogen-bond acceptors (Lipinski definition) is 1. The predicted octanol–water partition coefficient (Wildman–Crippen LogP) is 3.56. The van der Waals surface area contributed by atoms with Crippen LogP contribution in [0.15, 0.2) is 0 Å². The minimum atomic E-state index is -1.30. The SMILES string of the molecule is SCCCCCCC[SiH](Cl)Cl. The molecule has 0 unspecified atom stereocenters. The molecule has 0 amide bonds. The molecule has 0 radical (unpaired) electrons. The second-order valence-corrected chi connectivity index (χ2v) is 8.31. The zero-order valence-corrected chi connectivity index (χ0v) is 10.3. The Morgan fingerprint density at radius 2 is 1.45 bits per heavy atom. The standard InChI is InChI=1S/C7H16Cl2SSi/c8-11(9)7-5-3-1-2-4-6-10/h10-11H,1-7H2. The van der Waals surface area contributed by atoms with Crippen LogP contribution in [0.4, 0.5) is 0 Å². The molecule has 0 bridgehead atoms. The highest BCUT2D eigenvalue weighted by Gasteiger charge is 1.99. The van der Waals surface area contributed by atoms with Crippen molar-refractivity contribution >= 4 is 42.2 Å². The Morgan fingerprint density at radius 1 is 0.909 bits per heavy atom. The van der Waals surface area contributed by atoms with Gasteiger partial charge in [0.05, 0.1) is 0 Å². The molecule has 0 N–H and O–H groups in total. The van der Waals surface area contributed by atoms with E-state index in [4.69, 9.17) is 22.2 Å². The van der Waals surface area contributed by atoms with E-state index in [-0.39, 0.29) is 0 Å². The van der Waals surface area contributed by atoms with Gasteiger partial charge in [-0.25, -0.2) is 0 Å². The van der Waals surface area contributed by atoms with E-state index in [1.54, 1.807) is 0 Å². The first-order valence-electron chi connectivity index (χ1n) is 4.16. The van der Waals surface area contributed by atoms with E-state index in [1.807, 2.05) is 0 Å². The third-order valence-electron chi connectivity index (χ3n) is 1.58. The molecule has 0 atom stereocenters. The van der Waals surface area contributed by atoms with E-state index in [2.05, 4.69) is 12.6 Å². The van der Waals surface area contributed by atoms with Crippen LogP contribution in [0, 0.1) is 0 Å². The van der Waals surface area contributed by atoms with Gasteiger partial charge >= 0.3 is 0 Å². The van der Waals surface area contributed by atoms with Crippen LogP contribution in [0.25, 0.3) is 0 Å². The van der Waals surface area contributed by atoms with Crippen molar-refractivity contribution in [3.05, 3.63) is 0 Å². The molecule has 0 heterocycles. The van der Waals surface area contributed by atoms with E-state index < -0.39 is 7.42 Å². The quantitative estimate of drug-likeness (QED) is 0.294. The molecule has 0 aliphatic heterocycles. The van der Waals surface area contributed by atoms with Crippen LogP contribution >= 0.6 is 34.8 Å². The Kier molecular flexibility index (Phi) is 10.2. The van der Waals surface area contributed by atoms with Crippen molar-refractivity contribution in [2.45, 2.75) is 38.1 Å². The average Bonchev–Trinajstić information content (AvgIpc) is 1.96. The van der Waals surface area contributed by atoms with Crippen LogP contribution in [-0.4, -0.2) is 13.2 Å². The summed E-state index contributed by atoms with van der Waals surface area (Å²) < 4.78 is 0. The fraction of sp³-hybridized carbons (Fsp3) is 1.00. The van der Waals surface area contributed by atoms with Gasteiger partial charge in [0, 0.05) is 0 Å². The molecule has 0 saturated carbocycles. The van der Waals surface area contributed by atoms with Crippen LogP contribution in [0.3, 0.4) is 0 Å². The minimum absolute atomic E-state index is 1.02. The Morgan fingerprint density at radius 3 is 2.00 bits per heavy atom. The van der Waals surface area contributed by atoms with E-state index in [0.717, 1.165) is 11.8 Å². The topological polar surface area (TPSA) is 0 Å². The van der Waals surface area contributed by atoms with Crippen LogP contribution in [0.2, 0.25) is 6.04 Å². The summed E-state index contributed by atoms with van der Waals surface area (Å²) >= 11 is 15.6. The molecule has 0 aliphatic rings.